The standard InChI is InChI=1S/C8H20N2/c1-5-7-10(6-2)8(3)9-4/h8-9H,5-7H2,1-4H3. The molecule has 2 heteroatoms. The van der Waals surface area contributed by atoms with Crippen molar-refractivity contribution in [1.29, 1.82) is 0 Å². The van der Waals surface area contributed by atoms with E-state index in [1.54, 1.807) is 0 Å². The Morgan fingerprint density at radius 3 is 2.30 bits per heavy atom. The lowest BCUT2D eigenvalue weighted by atomic mass is 10.3. The molecule has 1 N–H and O–H groups in total. The third-order valence-electron chi connectivity index (χ3n) is 1.88. The molecule has 0 heterocycles. The molecule has 0 spiro atoms. The van der Waals surface area contributed by atoms with Gasteiger partial charge in [0.2, 0.25) is 0 Å². The van der Waals surface area contributed by atoms with E-state index in [-0.39, 0.29) is 0 Å². The summed E-state index contributed by atoms with van der Waals surface area (Å²) in [6.07, 6.45) is 1.75. The molecule has 0 saturated heterocycles. The zero-order chi connectivity index (χ0) is 7.98. The van der Waals surface area contributed by atoms with Crippen LogP contribution in [0.2, 0.25) is 0 Å². The number of rotatable bonds is 5. The minimum absolute atomic E-state index is 0.518. The van der Waals surface area contributed by atoms with Crippen LogP contribution in [0.1, 0.15) is 27.2 Å². The van der Waals surface area contributed by atoms with Gasteiger partial charge in [-0.3, -0.25) is 4.90 Å². The van der Waals surface area contributed by atoms with Gasteiger partial charge in [-0.2, -0.15) is 0 Å². The van der Waals surface area contributed by atoms with Crippen LogP contribution in [-0.4, -0.2) is 31.2 Å². The normalized spacial score (nSPS) is 14.1. The fraction of sp³-hybridized carbons (Fsp3) is 1.00. The second-order valence-corrected chi connectivity index (χ2v) is 2.59. The van der Waals surface area contributed by atoms with Gasteiger partial charge >= 0.3 is 0 Å². The average molecular weight is 144 g/mol. The zero-order valence-electron chi connectivity index (χ0n) is 7.65. The first-order chi connectivity index (χ1) is 4.76. The summed E-state index contributed by atoms with van der Waals surface area (Å²) < 4.78 is 0. The number of hydrogen-bond donors (Lipinski definition) is 1. The van der Waals surface area contributed by atoms with Crippen LogP contribution in [0.4, 0.5) is 0 Å². The summed E-state index contributed by atoms with van der Waals surface area (Å²) in [4.78, 5) is 2.42. The van der Waals surface area contributed by atoms with Crippen LogP contribution in [-0.2, 0) is 0 Å². The van der Waals surface area contributed by atoms with Crippen molar-refractivity contribution >= 4 is 0 Å². The van der Waals surface area contributed by atoms with E-state index < -0.39 is 0 Å². The molecule has 0 amide bonds. The molecule has 0 aromatic heterocycles. The van der Waals surface area contributed by atoms with Crippen LogP contribution in [0, 0.1) is 0 Å². The smallest absolute Gasteiger partial charge is 0.0565 e. The van der Waals surface area contributed by atoms with E-state index in [2.05, 4.69) is 31.0 Å². The van der Waals surface area contributed by atoms with Crippen molar-refractivity contribution in [3.8, 4) is 0 Å². The summed E-state index contributed by atoms with van der Waals surface area (Å²) in [5.74, 6) is 0. The van der Waals surface area contributed by atoms with Gasteiger partial charge in [0.15, 0.2) is 0 Å². The first-order valence-corrected chi connectivity index (χ1v) is 4.17. The van der Waals surface area contributed by atoms with E-state index in [9.17, 15) is 0 Å². The Morgan fingerprint density at radius 2 is 2.00 bits per heavy atom. The van der Waals surface area contributed by atoms with Gasteiger partial charge in [0.1, 0.15) is 0 Å². The van der Waals surface area contributed by atoms with Gasteiger partial charge in [0.25, 0.3) is 0 Å². The van der Waals surface area contributed by atoms with E-state index in [0.29, 0.717) is 6.17 Å². The maximum atomic E-state index is 3.23. The summed E-state index contributed by atoms with van der Waals surface area (Å²) in [6.45, 7) is 8.93. The third-order valence-corrected chi connectivity index (χ3v) is 1.88. The fourth-order valence-electron chi connectivity index (χ4n) is 1.10. The predicted octanol–water partition coefficient (Wildman–Crippen LogP) is 1.28. The van der Waals surface area contributed by atoms with Crippen LogP contribution in [0.3, 0.4) is 0 Å². The summed E-state index contributed by atoms with van der Waals surface area (Å²) in [7, 11) is 2.00. The molecule has 2 nitrogen and oxygen atoms in total. The van der Waals surface area contributed by atoms with Gasteiger partial charge < -0.3 is 5.32 Å². The van der Waals surface area contributed by atoms with E-state index in [0.717, 1.165) is 6.54 Å². The van der Waals surface area contributed by atoms with Gasteiger partial charge in [0, 0.05) is 0 Å². The lowest BCUT2D eigenvalue weighted by Crippen LogP contribution is -2.41. The molecule has 0 aromatic carbocycles. The van der Waals surface area contributed by atoms with E-state index in [1.807, 2.05) is 7.05 Å². The lowest BCUT2D eigenvalue weighted by molar-refractivity contribution is 0.196. The molecular formula is C8H20N2. The Balaban J connectivity index is 3.56. The minimum Gasteiger partial charge on any atom is -0.305 e. The molecule has 1 unspecified atom stereocenters. The lowest BCUT2D eigenvalue weighted by Gasteiger charge is -2.26. The van der Waals surface area contributed by atoms with Crippen LogP contribution in [0.25, 0.3) is 0 Å². The summed E-state index contributed by atoms with van der Waals surface area (Å²) >= 11 is 0. The molecule has 1 atom stereocenters. The Kier molecular flexibility index (Phi) is 5.64. The van der Waals surface area contributed by atoms with Crippen LogP contribution < -0.4 is 5.32 Å². The first kappa shape index (κ1) is 9.92. The zero-order valence-corrected chi connectivity index (χ0v) is 7.65. The average Bonchev–Trinajstić information content (AvgIpc) is 1.99. The molecule has 0 bridgehead atoms. The Hall–Kier alpha value is -0.0800. The summed E-state index contributed by atoms with van der Waals surface area (Å²) in [6, 6.07) is 0. The topological polar surface area (TPSA) is 15.3 Å². The van der Waals surface area contributed by atoms with Gasteiger partial charge in [-0.25, -0.2) is 0 Å². The van der Waals surface area contributed by atoms with Crippen molar-refractivity contribution in [2.24, 2.45) is 0 Å². The fourth-order valence-corrected chi connectivity index (χ4v) is 1.10. The van der Waals surface area contributed by atoms with Crippen molar-refractivity contribution in [2.45, 2.75) is 33.4 Å². The van der Waals surface area contributed by atoms with Crippen molar-refractivity contribution in [3.63, 3.8) is 0 Å². The molecular weight excluding hydrogens is 124 g/mol. The minimum atomic E-state index is 0.518. The van der Waals surface area contributed by atoms with Crippen molar-refractivity contribution < 1.29 is 0 Å². The highest BCUT2D eigenvalue weighted by Gasteiger charge is 2.06. The van der Waals surface area contributed by atoms with Crippen LogP contribution in [0.5, 0.6) is 0 Å². The highest BCUT2D eigenvalue weighted by atomic mass is 15.2. The van der Waals surface area contributed by atoms with Crippen molar-refractivity contribution in [2.75, 3.05) is 20.1 Å². The van der Waals surface area contributed by atoms with Gasteiger partial charge in [0.05, 0.1) is 6.17 Å². The third kappa shape index (κ3) is 3.18. The first-order valence-electron chi connectivity index (χ1n) is 4.17. The second kappa shape index (κ2) is 5.69. The highest BCUT2D eigenvalue weighted by Crippen LogP contribution is 1.95. The maximum absolute atomic E-state index is 3.23. The van der Waals surface area contributed by atoms with E-state index in [4.69, 9.17) is 0 Å². The molecule has 0 fully saturated rings. The molecule has 0 aliphatic carbocycles. The molecule has 0 rings (SSSR count). The van der Waals surface area contributed by atoms with Crippen molar-refractivity contribution in [1.82, 2.24) is 10.2 Å². The molecule has 0 saturated carbocycles. The second-order valence-electron chi connectivity index (χ2n) is 2.59. The Bertz CT molecular complexity index is 73.7. The van der Waals surface area contributed by atoms with E-state index in [1.165, 1.54) is 13.0 Å². The SMILES string of the molecule is CCCN(CC)C(C)NC. The van der Waals surface area contributed by atoms with Gasteiger partial charge in [-0.15, -0.1) is 0 Å². The Morgan fingerprint density at radius 1 is 1.40 bits per heavy atom. The number of nitrogens with one attached hydrogen (secondary N) is 1. The molecule has 0 aliphatic heterocycles. The highest BCUT2D eigenvalue weighted by molar-refractivity contribution is 4.59. The number of nitrogens with zero attached hydrogens (tertiary/aromatic N) is 1. The monoisotopic (exact) mass is 144 g/mol. The summed E-state index contributed by atoms with van der Waals surface area (Å²) in [5, 5.41) is 3.23. The van der Waals surface area contributed by atoms with Gasteiger partial charge in [-0.1, -0.05) is 13.8 Å². The predicted molar refractivity (Wildman–Crippen MR) is 46.1 cm³/mol. The molecule has 0 radical (unpaired) electrons. The quantitative estimate of drug-likeness (QED) is 0.585. The molecule has 62 valence electrons. The van der Waals surface area contributed by atoms with Gasteiger partial charge in [-0.05, 0) is 33.5 Å². The molecule has 10 heavy (non-hydrogen) atoms. The molecule has 0 aliphatic rings. The van der Waals surface area contributed by atoms with Crippen LogP contribution in [0.15, 0.2) is 0 Å². The van der Waals surface area contributed by atoms with E-state index >= 15 is 0 Å². The van der Waals surface area contributed by atoms with Crippen LogP contribution >= 0.6 is 0 Å². The number of hydrogen-bond acceptors (Lipinski definition) is 2. The Labute approximate surface area is 64.6 Å². The molecule has 0 aromatic rings. The van der Waals surface area contributed by atoms with Crippen molar-refractivity contribution in [3.05, 3.63) is 0 Å². The summed E-state index contributed by atoms with van der Waals surface area (Å²) in [5.41, 5.74) is 0. The largest absolute Gasteiger partial charge is 0.305 e. The maximum Gasteiger partial charge on any atom is 0.0565 e.